The third-order valence-corrected chi connectivity index (χ3v) is 3.58. The van der Waals surface area contributed by atoms with Crippen LogP contribution < -0.4 is 4.90 Å². The maximum absolute atomic E-state index is 11.9. The summed E-state index contributed by atoms with van der Waals surface area (Å²) in [5.74, 6) is 0.0256. The van der Waals surface area contributed by atoms with E-state index in [2.05, 4.69) is 0 Å². The number of amides is 1. The van der Waals surface area contributed by atoms with Crippen molar-refractivity contribution in [3.05, 3.63) is 29.8 Å². The summed E-state index contributed by atoms with van der Waals surface area (Å²) in [6, 6.07) is 7.01. The number of hydrogen-bond acceptors (Lipinski definition) is 3. The molecule has 1 aliphatic heterocycles. The monoisotopic (exact) mass is 247 g/mol. The van der Waals surface area contributed by atoms with E-state index in [1.165, 1.54) is 6.92 Å². The maximum Gasteiger partial charge on any atom is 0.227 e. The number of hydrogen-bond donors (Lipinski definition) is 1. The van der Waals surface area contributed by atoms with Crippen LogP contribution in [0.25, 0.3) is 0 Å². The molecule has 1 N–H and O–H groups in total. The van der Waals surface area contributed by atoms with Gasteiger partial charge in [-0.3, -0.25) is 9.59 Å². The third kappa shape index (κ3) is 2.16. The highest BCUT2D eigenvalue weighted by Gasteiger charge is 2.37. The first-order chi connectivity index (χ1) is 8.54. The second-order valence-corrected chi connectivity index (χ2v) is 4.75. The molecule has 18 heavy (non-hydrogen) atoms. The van der Waals surface area contributed by atoms with E-state index >= 15 is 0 Å². The van der Waals surface area contributed by atoms with Gasteiger partial charge in [0, 0.05) is 36.2 Å². The molecule has 2 rings (SSSR count). The van der Waals surface area contributed by atoms with Gasteiger partial charge in [0.15, 0.2) is 5.78 Å². The number of nitrogens with zero attached hydrogens (tertiary/aromatic N) is 1. The van der Waals surface area contributed by atoms with Crippen LogP contribution in [0, 0.1) is 5.92 Å². The quantitative estimate of drug-likeness (QED) is 0.826. The van der Waals surface area contributed by atoms with Crippen molar-refractivity contribution in [3.8, 4) is 0 Å². The smallest absolute Gasteiger partial charge is 0.227 e. The predicted octanol–water partition coefficient (Wildman–Crippen LogP) is 1.62. The van der Waals surface area contributed by atoms with Gasteiger partial charge in [-0.1, -0.05) is 0 Å². The number of aliphatic hydroxyl groups is 1. The molecule has 2 unspecified atom stereocenters. The van der Waals surface area contributed by atoms with Gasteiger partial charge in [0.1, 0.15) is 0 Å². The van der Waals surface area contributed by atoms with Gasteiger partial charge in [-0.05, 0) is 38.1 Å². The summed E-state index contributed by atoms with van der Waals surface area (Å²) in [7, 11) is 0. The number of rotatable bonds is 3. The zero-order chi connectivity index (χ0) is 13.3. The van der Waals surface area contributed by atoms with Gasteiger partial charge in [-0.15, -0.1) is 0 Å². The summed E-state index contributed by atoms with van der Waals surface area (Å²) in [4.78, 5) is 24.8. The van der Waals surface area contributed by atoms with Gasteiger partial charge >= 0.3 is 0 Å². The standard InChI is InChI=1S/C14H17NO3/c1-9-12(8-16)7-14(18)15(9)13-5-3-11(4-6-13)10(2)17/h3-6,9,12,16H,7-8H2,1-2H3. The summed E-state index contributed by atoms with van der Waals surface area (Å²) in [5.41, 5.74) is 1.42. The number of aliphatic hydroxyl groups excluding tert-OH is 1. The fourth-order valence-corrected chi connectivity index (χ4v) is 2.38. The average molecular weight is 247 g/mol. The lowest BCUT2D eigenvalue weighted by atomic mass is 10.0. The number of ketones is 1. The minimum Gasteiger partial charge on any atom is -0.396 e. The second-order valence-electron chi connectivity index (χ2n) is 4.75. The van der Waals surface area contributed by atoms with E-state index < -0.39 is 0 Å². The number of benzene rings is 1. The van der Waals surface area contributed by atoms with Crippen molar-refractivity contribution in [2.45, 2.75) is 26.3 Å². The zero-order valence-corrected chi connectivity index (χ0v) is 10.6. The highest BCUT2D eigenvalue weighted by Crippen LogP contribution is 2.30. The molecule has 0 aromatic heterocycles. The largest absolute Gasteiger partial charge is 0.396 e. The van der Waals surface area contributed by atoms with Crippen molar-refractivity contribution in [1.82, 2.24) is 0 Å². The molecule has 2 atom stereocenters. The molecule has 1 aliphatic rings. The van der Waals surface area contributed by atoms with E-state index in [1.54, 1.807) is 29.2 Å². The Balaban J connectivity index is 2.26. The van der Waals surface area contributed by atoms with E-state index in [4.69, 9.17) is 0 Å². The molecule has 1 amide bonds. The fraction of sp³-hybridized carbons (Fsp3) is 0.429. The van der Waals surface area contributed by atoms with Crippen LogP contribution in [0.1, 0.15) is 30.6 Å². The molecule has 1 heterocycles. The molecule has 0 bridgehead atoms. The van der Waals surface area contributed by atoms with Crippen LogP contribution in [0.5, 0.6) is 0 Å². The summed E-state index contributed by atoms with van der Waals surface area (Å²) in [6.45, 7) is 3.47. The van der Waals surface area contributed by atoms with Crippen molar-refractivity contribution >= 4 is 17.4 Å². The van der Waals surface area contributed by atoms with Crippen LogP contribution >= 0.6 is 0 Å². The van der Waals surface area contributed by atoms with Gasteiger partial charge in [0.25, 0.3) is 0 Å². The molecular formula is C14H17NO3. The Morgan fingerprint density at radius 3 is 2.44 bits per heavy atom. The van der Waals surface area contributed by atoms with Crippen LogP contribution in [0.3, 0.4) is 0 Å². The minimum absolute atomic E-state index is 0.00863. The van der Waals surface area contributed by atoms with Crippen LogP contribution in [0.15, 0.2) is 24.3 Å². The Labute approximate surface area is 106 Å². The SMILES string of the molecule is CC(=O)c1ccc(N2C(=O)CC(CO)C2C)cc1. The Morgan fingerprint density at radius 1 is 1.39 bits per heavy atom. The van der Waals surface area contributed by atoms with Crippen LogP contribution in [0.4, 0.5) is 5.69 Å². The Kier molecular flexibility index (Phi) is 3.48. The summed E-state index contributed by atoms with van der Waals surface area (Å²) >= 11 is 0. The number of anilines is 1. The van der Waals surface area contributed by atoms with Gasteiger partial charge in [0.05, 0.1) is 0 Å². The van der Waals surface area contributed by atoms with Crippen molar-refractivity contribution in [1.29, 1.82) is 0 Å². The first-order valence-electron chi connectivity index (χ1n) is 6.08. The van der Waals surface area contributed by atoms with Gasteiger partial charge < -0.3 is 10.0 Å². The summed E-state index contributed by atoms with van der Waals surface area (Å²) in [5, 5.41) is 9.21. The Hall–Kier alpha value is -1.68. The Bertz CT molecular complexity index is 466. The van der Waals surface area contributed by atoms with E-state index in [0.717, 1.165) is 5.69 Å². The molecular weight excluding hydrogens is 230 g/mol. The van der Waals surface area contributed by atoms with Gasteiger partial charge in [-0.25, -0.2) is 0 Å². The molecule has 1 saturated heterocycles. The molecule has 4 nitrogen and oxygen atoms in total. The van der Waals surface area contributed by atoms with Gasteiger partial charge in [0.2, 0.25) is 5.91 Å². The van der Waals surface area contributed by atoms with E-state index in [9.17, 15) is 14.7 Å². The second kappa shape index (κ2) is 4.90. The summed E-state index contributed by atoms with van der Waals surface area (Å²) in [6.07, 6.45) is 0.381. The van der Waals surface area contributed by atoms with E-state index in [0.29, 0.717) is 12.0 Å². The first-order valence-corrected chi connectivity index (χ1v) is 6.08. The molecule has 0 radical (unpaired) electrons. The molecule has 4 heteroatoms. The third-order valence-electron chi connectivity index (χ3n) is 3.58. The molecule has 0 spiro atoms. The highest BCUT2D eigenvalue weighted by atomic mass is 16.3. The number of carbonyl (C=O) groups is 2. The van der Waals surface area contributed by atoms with Crippen LogP contribution in [-0.4, -0.2) is 29.4 Å². The van der Waals surface area contributed by atoms with Crippen LogP contribution in [0.2, 0.25) is 0 Å². The maximum atomic E-state index is 11.9. The lowest BCUT2D eigenvalue weighted by Gasteiger charge is -2.24. The molecule has 1 fully saturated rings. The lowest BCUT2D eigenvalue weighted by Crippen LogP contribution is -2.33. The molecule has 96 valence electrons. The van der Waals surface area contributed by atoms with E-state index in [1.807, 2.05) is 6.92 Å². The predicted molar refractivity (Wildman–Crippen MR) is 68.6 cm³/mol. The molecule has 0 saturated carbocycles. The normalized spacial score (nSPS) is 23.5. The molecule has 0 aliphatic carbocycles. The molecule has 1 aromatic rings. The zero-order valence-electron chi connectivity index (χ0n) is 10.6. The van der Waals surface area contributed by atoms with E-state index in [-0.39, 0.29) is 30.3 Å². The first kappa shape index (κ1) is 12.8. The number of carbonyl (C=O) groups excluding carboxylic acids is 2. The fourth-order valence-electron chi connectivity index (χ4n) is 2.38. The number of Topliss-reactive ketones (excluding diaryl/α,β-unsaturated/α-hetero) is 1. The highest BCUT2D eigenvalue weighted by molar-refractivity contribution is 5.98. The summed E-state index contributed by atoms with van der Waals surface area (Å²) < 4.78 is 0. The van der Waals surface area contributed by atoms with Crippen LogP contribution in [-0.2, 0) is 4.79 Å². The van der Waals surface area contributed by atoms with Crippen molar-refractivity contribution in [2.24, 2.45) is 5.92 Å². The Morgan fingerprint density at radius 2 is 2.00 bits per heavy atom. The van der Waals surface area contributed by atoms with Crippen molar-refractivity contribution in [3.63, 3.8) is 0 Å². The van der Waals surface area contributed by atoms with Crippen molar-refractivity contribution in [2.75, 3.05) is 11.5 Å². The molecule has 1 aromatic carbocycles. The lowest BCUT2D eigenvalue weighted by molar-refractivity contribution is -0.117. The van der Waals surface area contributed by atoms with Crippen molar-refractivity contribution < 1.29 is 14.7 Å². The topological polar surface area (TPSA) is 57.6 Å². The average Bonchev–Trinajstić information content (AvgIpc) is 2.64. The minimum atomic E-state index is -0.00927. The van der Waals surface area contributed by atoms with Gasteiger partial charge in [-0.2, -0.15) is 0 Å².